The molecule has 1 heterocycles. The second-order valence-electron chi connectivity index (χ2n) is 5.30. The second kappa shape index (κ2) is 8.62. The zero-order valence-corrected chi connectivity index (χ0v) is 15.7. The van der Waals surface area contributed by atoms with Gasteiger partial charge >= 0.3 is 5.97 Å². The third-order valence-corrected chi connectivity index (χ3v) is 4.95. The number of likely N-dealkylation sites (N-methyl/N-ethyl adjacent to an activating group) is 1. The molecule has 0 unspecified atom stereocenters. The summed E-state index contributed by atoms with van der Waals surface area (Å²) in [6.07, 6.45) is 0. The van der Waals surface area contributed by atoms with Crippen LogP contribution in [-0.2, 0) is 9.53 Å². The summed E-state index contributed by atoms with van der Waals surface area (Å²) < 4.78 is 10.3. The van der Waals surface area contributed by atoms with Crippen molar-refractivity contribution in [2.45, 2.75) is 20.8 Å². The normalized spacial score (nSPS) is 10.4. The van der Waals surface area contributed by atoms with Crippen LogP contribution in [0.25, 0.3) is 10.6 Å². The van der Waals surface area contributed by atoms with E-state index < -0.39 is 5.97 Å². The Balaban J connectivity index is 2.08. The molecule has 0 aliphatic carbocycles. The number of ether oxygens (including phenoxy) is 2. The van der Waals surface area contributed by atoms with E-state index in [2.05, 4.69) is 4.98 Å². The number of nitrogens with zero attached hydrogens (tertiary/aromatic N) is 2. The smallest absolute Gasteiger partial charge is 0.350 e. The summed E-state index contributed by atoms with van der Waals surface area (Å²) in [6.45, 7) is 6.46. The largest absolute Gasteiger partial charge is 0.497 e. The molecule has 0 saturated heterocycles. The lowest BCUT2D eigenvalue weighted by molar-refractivity contribution is -0.134. The molecule has 0 atom stereocenters. The maximum Gasteiger partial charge on any atom is 0.350 e. The van der Waals surface area contributed by atoms with Crippen molar-refractivity contribution in [2.24, 2.45) is 0 Å². The zero-order chi connectivity index (χ0) is 18.4. The van der Waals surface area contributed by atoms with E-state index in [0.29, 0.717) is 23.7 Å². The van der Waals surface area contributed by atoms with Crippen LogP contribution < -0.4 is 4.74 Å². The van der Waals surface area contributed by atoms with Crippen molar-refractivity contribution in [3.8, 4) is 16.3 Å². The van der Waals surface area contributed by atoms with Crippen molar-refractivity contribution >= 4 is 23.2 Å². The molecule has 0 fully saturated rings. The molecule has 1 amide bonds. The van der Waals surface area contributed by atoms with Gasteiger partial charge in [-0.15, -0.1) is 11.3 Å². The number of carbonyl (C=O) groups excluding carboxylic acids is 2. The average Bonchev–Trinajstić information content (AvgIpc) is 3.02. The number of rotatable bonds is 7. The highest BCUT2D eigenvalue weighted by Gasteiger charge is 2.20. The number of thiazole rings is 1. The van der Waals surface area contributed by atoms with Crippen molar-refractivity contribution in [1.29, 1.82) is 0 Å². The fourth-order valence-electron chi connectivity index (χ4n) is 2.30. The number of hydrogen-bond donors (Lipinski definition) is 0. The van der Waals surface area contributed by atoms with Gasteiger partial charge in [0.05, 0.1) is 12.8 Å². The van der Waals surface area contributed by atoms with Gasteiger partial charge in [0.1, 0.15) is 15.6 Å². The molecule has 0 saturated carbocycles. The molecule has 0 N–H and O–H groups in total. The summed E-state index contributed by atoms with van der Waals surface area (Å²) in [5, 5.41) is 0.724. The SMILES string of the molecule is CCN(CC)C(=O)COC(=O)c1sc(-c2ccc(OC)cc2)nc1C. The first-order valence-corrected chi connectivity index (χ1v) is 8.88. The summed E-state index contributed by atoms with van der Waals surface area (Å²) in [5.41, 5.74) is 1.49. The maximum atomic E-state index is 12.3. The first kappa shape index (κ1) is 18.9. The molecule has 0 aliphatic heterocycles. The molecule has 0 aliphatic rings. The topological polar surface area (TPSA) is 68.7 Å². The molecule has 134 valence electrons. The highest BCUT2D eigenvalue weighted by atomic mass is 32.1. The van der Waals surface area contributed by atoms with Gasteiger partial charge in [-0.1, -0.05) is 0 Å². The van der Waals surface area contributed by atoms with Gasteiger partial charge in [0.25, 0.3) is 5.91 Å². The Morgan fingerprint density at radius 3 is 2.36 bits per heavy atom. The van der Waals surface area contributed by atoms with Gasteiger partial charge in [-0.2, -0.15) is 0 Å². The number of esters is 1. The van der Waals surface area contributed by atoms with E-state index in [1.165, 1.54) is 11.3 Å². The third-order valence-electron chi connectivity index (χ3n) is 3.76. The van der Waals surface area contributed by atoms with Crippen LogP contribution in [0.4, 0.5) is 0 Å². The molecule has 6 nitrogen and oxygen atoms in total. The number of aryl methyl sites for hydroxylation is 1. The maximum absolute atomic E-state index is 12.3. The average molecular weight is 362 g/mol. The van der Waals surface area contributed by atoms with Crippen molar-refractivity contribution in [3.63, 3.8) is 0 Å². The first-order valence-electron chi connectivity index (χ1n) is 8.06. The lowest BCUT2D eigenvalue weighted by atomic mass is 10.2. The van der Waals surface area contributed by atoms with Crippen LogP contribution in [-0.4, -0.2) is 48.6 Å². The minimum absolute atomic E-state index is 0.198. The monoisotopic (exact) mass is 362 g/mol. The Bertz CT molecular complexity index is 736. The summed E-state index contributed by atoms with van der Waals surface area (Å²) in [7, 11) is 1.61. The lowest BCUT2D eigenvalue weighted by Gasteiger charge is -2.18. The molecular weight excluding hydrogens is 340 g/mol. The van der Waals surface area contributed by atoms with Crippen LogP contribution >= 0.6 is 11.3 Å². The molecule has 1 aromatic heterocycles. The van der Waals surface area contributed by atoms with E-state index in [9.17, 15) is 9.59 Å². The summed E-state index contributed by atoms with van der Waals surface area (Å²) in [6, 6.07) is 7.45. The number of amides is 1. The molecule has 0 spiro atoms. The lowest BCUT2D eigenvalue weighted by Crippen LogP contribution is -2.34. The van der Waals surface area contributed by atoms with E-state index in [-0.39, 0.29) is 12.5 Å². The summed E-state index contributed by atoms with van der Waals surface area (Å²) in [4.78, 5) is 30.7. The summed E-state index contributed by atoms with van der Waals surface area (Å²) in [5.74, 6) is 0.0396. The zero-order valence-electron chi connectivity index (χ0n) is 14.9. The predicted molar refractivity (Wildman–Crippen MR) is 97.0 cm³/mol. The van der Waals surface area contributed by atoms with Crippen LogP contribution in [0.15, 0.2) is 24.3 Å². The van der Waals surface area contributed by atoms with E-state index >= 15 is 0 Å². The Morgan fingerprint density at radius 2 is 1.80 bits per heavy atom. The highest BCUT2D eigenvalue weighted by Crippen LogP contribution is 2.29. The van der Waals surface area contributed by atoms with Gasteiger partial charge in [-0.3, -0.25) is 4.79 Å². The molecule has 25 heavy (non-hydrogen) atoms. The highest BCUT2D eigenvalue weighted by molar-refractivity contribution is 7.17. The van der Waals surface area contributed by atoms with Crippen LogP contribution in [0, 0.1) is 6.92 Å². The van der Waals surface area contributed by atoms with Gasteiger partial charge < -0.3 is 14.4 Å². The quantitative estimate of drug-likeness (QED) is 0.708. The fraction of sp³-hybridized carbons (Fsp3) is 0.389. The third kappa shape index (κ3) is 4.57. The van der Waals surface area contributed by atoms with Gasteiger partial charge in [0, 0.05) is 18.7 Å². The molecule has 7 heteroatoms. The van der Waals surface area contributed by atoms with Gasteiger partial charge in [-0.05, 0) is 45.0 Å². The number of benzene rings is 1. The van der Waals surface area contributed by atoms with Gasteiger partial charge in [-0.25, -0.2) is 9.78 Å². The van der Waals surface area contributed by atoms with Crippen LogP contribution in [0.3, 0.4) is 0 Å². The number of hydrogen-bond acceptors (Lipinski definition) is 6. The van der Waals surface area contributed by atoms with Crippen molar-refractivity contribution in [3.05, 3.63) is 34.8 Å². The standard InChI is InChI=1S/C18H22N2O4S/c1-5-20(6-2)15(21)11-24-18(22)16-12(3)19-17(25-16)13-7-9-14(23-4)10-8-13/h7-10H,5-6,11H2,1-4H3. The molecule has 0 bridgehead atoms. The molecule has 2 rings (SSSR count). The minimum atomic E-state index is -0.518. The van der Waals surface area contributed by atoms with Crippen molar-refractivity contribution in [1.82, 2.24) is 9.88 Å². The van der Waals surface area contributed by atoms with Gasteiger partial charge in [0.2, 0.25) is 0 Å². The van der Waals surface area contributed by atoms with Crippen LogP contribution in [0.5, 0.6) is 5.75 Å². The fourth-order valence-corrected chi connectivity index (χ4v) is 3.27. The van der Waals surface area contributed by atoms with E-state index in [0.717, 1.165) is 16.3 Å². The van der Waals surface area contributed by atoms with E-state index in [4.69, 9.17) is 9.47 Å². The second-order valence-corrected chi connectivity index (χ2v) is 6.30. The van der Waals surface area contributed by atoms with Gasteiger partial charge in [0.15, 0.2) is 6.61 Å². The number of carbonyl (C=O) groups is 2. The van der Waals surface area contributed by atoms with E-state index in [1.54, 1.807) is 18.9 Å². The molecule has 1 aromatic carbocycles. The predicted octanol–water partition coefficient (Wildman–Crippen LogP) is 3.15. The first-order chi connectivity index (χ1) is 12.0. The summed E-state index contributed by atoms with van der Waals surface area (Å²) >= 11 is 1.25. The molecule has 0 radical (unpaired) electrons. The Kier molecular flexibility index (Phi) is 6.52. The van der Waals surface area contributed by atoms with Crippen LogP contribution in [0.2, 0.25) is 0 Å². The Hall–Kier alpha value is -2.41. The molecular formula is C18H22N2O4S. The van der Waals surface area contributed by atoms with Crippen LogP contribution in [0.1, 0.15) is 29.2 Å². The number of aromatic nitrogens is 1. The van der Waals surface area contributed by atoms with E-state index in [1.807, 2.05) is 38.1 Å². The van der Waals surface area contributed by atoms with Crippen molar-refractivity contribution < 1.29 is 19.1 Å². The Morgan fingerprint density at radius 1 is 1.16 bits per heavy atom. The molecule has 2 aromatic rings. The number of methoxy groups -OCH3 is 1. The van der Waals surface area contributed by atoms with Crippen molar-refractivity contribution in [2.75, 3.05) is 26.8 Å². The Labute approximate surface area is 151 Å². The minimum Gasteiger partial charge on any atom is -0.497 e.